The highest BCUT2D eigenvalue weighted by atomic mass is 19.4. The molecule has 1 unspecified atom stereocenters. The van der Waals surface area contributed by atoms with Crippen molar-refractivity contribution in [3.63, 3.8) is 0 Å². The molecule has 0 aromatic rings. The monoisotopic (exact) mass is 322 g/mol. The second kappa shape index (κ2) is 7.61. The fraction of sp³-hybridized carbons (Fsp3) is 0.929. The second-order valence-electron chi connectivity index (χ2n) is 5.98. The Morgan fingerprint density at radius 2 is 1.68 bits per heavy atom. The summed E-state index contributed by atoms with van der Waals surface area (Å²) in [5, 5.41) is 3.20. The zero-order chi connectivity index (χ0) is 16.2. The van der Waals surface area contributed by atoms with E-state index < -0.39 is 12.2 Å². The van der Waals surface area contributed by atoms with Crippen LogP contribution in [0, 0.1) is 0 Å². The van der Waals surface area contributed by atoms with Crippen molar-refractivity contribution in [3.05, 3.63) is 0 Å². The highest BCUT2D eigenvalue weighted by molar-refractivity contribution is 5.76. The normalized spacial score (nSPS) is 23.5. The number of nitrogens with zero attached hydrogens (tertiary/aromatic N) is 3. The van der Waals surface area contributed by atoms with Crippen molar-refractivity contribution >= 4 is 5.91 Å². The number of hydrogen-bond acceptors (Lipinski definition) is 4. The van der Waals surface area contributed by atoms with E-state index in [2.05, 4.69) is 10.2 Å². The maximum atomic E-state index is 12.7. The summed E-state index contributed by atoms with van der Waals surface area (Å²) in [6.45, 7) is 7.00. The van der Waals surface area contributed by atoms with E-state index in [1.165, 1.54) is 11.8 Å². The van der Waals surface area contributed by atoms with Gasteiger partial charge in [-0.2, -0.15) is 13.2 Å². The quantitative estimate of drug-likeness (QED) is 0.812. The molecule has 0 saturated carbocycles. The van der Waals surface area contributed by atoms with Crippen molar-refractivity contribution in [2.45, 2.75) is 25.6 Å². The van der Waals surface area contributed by atoms with E-state index in [1.807, 2.05) is 4.90 Å². The first-order valence-corrected chi connectivity index (χ1v) is 7.89. The average Bonchev–Trinajstić information content (AvgIpc) is 2.52. The van der Waals surface area contributed by atoms with Crippen LogP contribution >= 0.6 is 0 Å². The standard InChI is InChI=1S/C14H25F3N4O/c1-12(14(15,16)17)20-10-8-19(9-11-20)5-2-13(22)21-6-3-18-4-7-21/h12,18H,2-11H2,1H3. The summed E-state index contributed by atoms with van der Waals surface area (Å²) in [7, 11) is 0. The predicted octanol–water partition coefficient (Wildman–Crippen LogP) is 0.377. The van der Waals surface area contributed by atoms with Crippen molar-refractivity contribution in [1.82, 2.24) is 20.0 Å². The molecule has 22 heavy (non-hydrogen) atoms. The molecule has 0 aromatic carbocycles. The Bertz CT molecular complexity index is 364. The van der Waals surface area contributed by atoms with E-state index in [0.717, 1.165) is 26.2 Å². The van der Waals surface area contributed by atoms with Gasteiger partial charge in [0.15, 0.2) is 0 Å². The van der Waals surface area contributed by atoms with Gasteiger partial charge >= 0.3 is 6.18 Å². The minimum atomic E-state index is -4.17. The molecule has 1 atom stereocenters. The van der Waals surface area contributed by atoms with E-state index in [9.17, 15) is 18.0 Å². The molecule has 2 rings (SSSR count). The summed E-state index contributed by atoms with van der Waals surface area (Å²) >= 11 is 0. The van der Waals surface area contributed by atoms with E-state index in [1.54, 1.807) is 0 Å². The van der Waals surface area contributed by atoms with Crippen LogP contribution in [0.1, 0.15) is 13.3 Å². The average molecular weight is 322 g/mol. The molecule has 2 heterocycles. The topological polar surface area (TPSA) is 38.8 Å². The molecule has 2 aliphatic rings. The first-order valence-electron chi connectivity index (χ1n) is 7.89. The summed E-state index contributed by atoms with van der Waals surface area (Å²) in [6, 6.07) is -1.39. The maximum Gasteiger partial charge on any atom is 0.403 e. The number of nitrogens with one attached hydrogen (secondary N) is 1. The second-order valence-corrected chi connectivity index (χ2v) is 5.98. The van der Waals surface area contributed by atoms with Crippen LogP contribution in [0.2, 0.25) is 0 Å². The Morgan fingerprint density at radius 1 is 1.09 bits per heavy atom. The lowest BCUT2D eigenvalue weighted by Gasteiger charge is -2.38. The lowest BCUT2D eigenvalue weighted by Crippen LogP contribution is -2.54. The number of carbonyl (C=O) groups excluding carboxylic acids is 1. The molecular formula is C14H25F3N4O. The van der Waals surface area contributed by atoms with Gasteiger partial charge in [-0.3, -0.25) is 9.69 Å². The minimum Gasteiger partial charge on any atom is -0.340 e. The van der Waals surface area contributed by atoms with Crippen LogP contribution in [0.3, 0.4) is 0 Å². The minimum absolute atomic E-state index is 0.146. The van der Waals surface area contributed by atoms with Crippen molar-refractivity contribution in [3.8, 4) is 0 Å². The van der Waals surface area contributed by atoms with E-state index >= 15 is 0 Å². The first-order chi connectivity index (χ1) is 10.4. The zero-order valence-electron chi connectivity index (χ0n) is 13.0. The van der Waals surface area contributed by atoms with Crippen LogP contribution < -0.4 is 5.32 Å². The molecule has 1 amide bonds. The predicted molar refractivity (Wildman–Crippen MR) is 77.6 cm³/mol. The zero-order valence-corrected chi connectivity index (χ0v) is 13.0. The maximum absolute atomic E-state index is 12.7. The van der Waals surface area contributed by atoms with E-state index in [-0.39, 0.29) is 5.91 Å². The molecule has 2 aliphatic heterocycles. The first kappa shape index (κ1) is 17.5. The van der Waals surface area contributed by atoms with Gasteiger partial charge in [0.2, 0.25) is 5.91 Å². The van der Waals surface area contributed by atoms with Gasteiger partial charge < -0.3 is 15.1 Å². The van der Waals surface area contributed by atoms with E-state index in [0.29, 0.717) is 39.1 Å². The third-order valence-electron chi connectivity index (χ3n) is 4.54. The van der Waals surface area contributed by atoms with Gasteiger partial charge in [0.1, 0.15) is 6.04 Å². The van der Waals surface area contributed by atoms with E-state index in [4.69, 9.17) is 0 Å². The third kappa shape index (κ3) is 4.82. The van der Waals surface area contributed by atoms with Crippen molar-refractivity contribution < 1.29 is 18.0 Å². The molecule has 0 spiro atoms. The number of rotatable bonds is 4. The summed E-state index contributed by atoms with van der Waals surface area (Å²) in [5.74, 6) is 0.146. The molecule has 2 saturated heterocycles. The van der Waals surface area contributed by atoms with Gasteiger partial charge in [-0.05, 0) is 6.92 Å². The molecule has 128 valence electrons. The Kier molecular flexibility index (Phi) is 6.05. The third-order valence-corrected chi connectivity index (χ3v) is 4.54. The fourth-order valence-corrected chi connectivity index (χ4v) is 2.91. The van der Waals surface area contributed by atoms with Crippen LogP contribution in [0.15, 0.2) is 0 Å². The molecule has 8 heteroatoms. The molecule has 0 aromatic heterocycles. The molecule has 0 radical (unpaired) electrons. The van der Waals surface area contributed by atoms with Gasteiger partial charge in [-0.15, -0.1) is 0 Å². The van der Waals surface area contributed by atoms with Crippen LogP contribution in [-0.2, 0) is 4.79 Å². The molecule has 0 aliphatic carbocycles. The summed E-state index contributed by atoms with van der Waals surface area (Å²) in [6.07, 6.45) is -3.71. The van der Waals surface area contributed by atoms with Crippen molar-refractivity contribution in [2.24, 2.45) is 0 Å². The highest BCUT2D eigenvalue weighted by Gasteiger charge is 2.40. The number of piperazine rings is 2. The summed E-state index contributed by atoms with van der Waals surface area (Å²) in [4.78, 5) is 17.5. The molecule has 0 bridgehead atoms. The smallest absolute Gasteiger partial charge is 0.340 e. The Labute approximate surface area is 129 Å². The Hall–Kier alpha value is -0.860. The summed E-state index contributed by atoms with van der Waals surface area (Å²) in [5.41, 5.74) is 0. The van der Waals surface area contributed by atoms with Crippen molar-refractivity contribution in [2.75, 3.05) is 58.9 Å². The van der Waals surface area contributed by atoms with Crippen LogP contribution in [-0.4, -0.2) is 91.7 Å². The van der Waals surface area contributed by atoms with Crippen molar-refractivity contribution in [1.29, 1.82) is 0 Å². The largest absolute Gasteiger partial charge is 0.403 e. The number of carbonyl (C=O) groups is 1. The van der Waals surface area contributed by atoms with Crippen LogP contribution in [0.25, 0.3) is 0 Å². The summed E-state index contributed by atoms with van der Waals surface area (Å²) < 4.78 is 38.0. The fourth-order valence-electron chi connectivity index (χ4n) is 2.91. The number of hydrogen-bond donors (Lipinski definition) is 1. The molecule has 1 N–H and O–H groups in total. The Balaban J connectivity index is 1.68. The van der Waals surface area contributed by atoms with Gasteiger partial charge in [0, 0.05) is 65.3 Å². The molecule has 5 nitrogen and oxygen atoms in total. The number of alkyl halides is 3. The molecular weight excluding hydrogens is 297 g/mol. The van der Waals surface area contributed by atoms with Gasteiger partial charge in [0.25, 0.3) is 0 Å². The highest BCUT2D eigenvalue weighted by Crippen LogP contribution is 2.25. The van der Waals surface area contributed by atoms with Crippen LogP contribution in [0.5, 0.6) is 0 Å². The Morgan fingerprint density at radius 3 is 2.23 bits per heavy atom. The van der Waals surface area contributed by atoms with Crippen LogP contribution in [0.4, 0.5) is 13.2 Å². The number of amides is 1. The number of halogens is 3. The lowest BCUT2D eigenvalue weighted by atomic mass is 10.2. The molecule has 2 fully saturated rings. The van der Waals surface area contributed by atoms with Gasteiger partial charge in [-0.1, -0.05) is 0 Å². The van der Waals surface area contributed by atoms with Gasteiger partial charge in [-0.25, -0.2) is 0 Å². The van der Waals surface area contributed by atoms with Gasteiger partial charge in [0.05, 0.1) is 0 Å². The SMILES string of the molecule is CC(N1CCN(CCC(=O)N2CCNCC2)CC1)C(F)(F)F. The lowest BCUT2D eigenvalue weighted by molar-refractivity contribution is -0.182.